The lowest BCUT2D eigenvalue weighted by Crippen LogP contribution is -2.05. The van der Waals surface area contributed by atoms with Crippen LogP contribution in [0.1, 0.15) is 104 Å². The number of hydrogen-bond acceptors (Lipinski definition) is 2. The van der Waals surface area contributed by atoms with Crippen LogP contribution in [0.15, 0.2) is 0 Å². The van der Waals surface area contributed by atoms with Crippen molar-refractivity contribution in [1.82, 2.24) is 0 Å². The monoisotopic (exact) mass is 284 g/mol. The van der Waals surface area contributed by atoms with E-state index in [1.165, 1.54) is 70.6 Å². The molecule has 20 heavy (non-hydrogen) atoms. The van der Waals surface area contributed by atoms with Crippen molar-refractivity contribution in [2.24, 2.45) is 0 Å². The van der Waals surface area contributed by atoms with E-state index >= 15 is 0 Å². The molecule has 2 heteroatoms. The predicted octanol–water partition coefficient (Wildman–Crippen LogP) is 6.03. The van der Waals surface area contributed by atoms with Crippen LogP contribution in [0.2, 0.25) is 0 Å². The van der Waals surface area contributed by atoms with Crippen molar-refractivity contribution in [3.63, 3.8) is 0 Å². The van der Waals surface area contributed by atoms with E-state index in [9.17, 15) is 4.79 Å². The van der Waals surface area contributed by atoms with Gasteiger partial charge in [-0.25, -0.2) is 0 Å². The van der Waals surface area contributed by atoms with Gasteiger partial charge in [-0.05, 0) is 12.8 Å². The summed E-state index contributed by atoms with van der Waals surface area (Å²) in [5.41, 5.74) is 0. The quantitative estimate of drug-likeness (QED) is 0.271. The molecule has 0 aliphatic rings. The molecule has 2 nitrogen and oxygen atoms in total. The Kier molecular flexibility index (Phi) is 16.1. The molecule has 0 rings (SSSR count). The fourth-order valence-corrected chi connectivity index (χ4v) is 2.37. The standard InChI is InChI=1S/C18H36O2/c1-3-5-7-9-10-11-12-13-14-16-18(19)20-17-15-8-6-4-2/h3-17H2,1-2H3. The Morgan fingerprint density at radius 3 is 1.65 bits per heavy atom. The van der Waals surface area contributed by atoms with E-state index in [-0.39, 0.29) is 5.97 Å². The van der Waals surface area contributed by atoms with E-state index in [0.29, 0.717) is 13.0 Å². The SMILES string of the molecule is CCCCCCCCCCCC(=O)OCCCCCC. The second-order valence-electron chi connectivity index (χ2n) is 5.86. The van der Waals surface area contributed by atoms with Gasteiger partial charge in [0.05, 0.1) is 6.61 Å². The molecule has 0 aliphatic heterocycles. The van der Waals surface area contributed by atoms with Gasteiger partial charge in [0.25, 0.3) is 0 Å². The maximum Gasteiger partial charge on any atom is 0.305 e. The lowest BCUT2D eigenvalue weighted by molar-refractivity contribution is -0.143. The second kappa shape index (κ2) is 16.5. The molecular weight excluding hydrogens is 248 g/mol. The third-order valence-electron chi connectivity index (χ3n) is 3.75. The second-order valence-corrected chi connectivity index (χ2v) is 5.86. The molecule has 0 aromatic heterocycles. The zero-order valence-corrected chi connectivity index (χ0v) is 13.9. The largest absolute Gasteiger partial charge is 0.466 e. The van der Waals surface area contributed by atoms with Crippen LogP contribution in [0.3, 0.4) is 0 Å². The normalized spacial score (nSPS) is 10.7. The average molecular weight is 284 g/mol. The number of unbranched alkanes of at least 4 members (excludes halogenated alkanes) is 11. The topological polar surface area (TPSA) is 26.3 Å². The molecule has 0 saturated carbocycles. The Morgan fingerprint density at radius 2 is 1.10 bits per heavy atom. The molecule has 0 N–H and O–H groups in total. The number of ether oxygens (including phenoxy) is 1. The summed E-state index contributed by atoms with van der Waals surface area (Å²) >= 11 is 0. The summed E-state index contributed by atoms with van der Waals surface area (Å²) in [6.45, 7) is 5.06. The molecule has 0 saturated heterocycles. The minimum Gasteiger partial charge on any atom is -0.466 e. The molecule has 0 aliphatic carbocycles. The zero-order valence-electron chi connectivity index (χ0n) is 13.9. The van der Waals surface area contributed by atoms with Crippen molar-refractivity contribution in [1.29, 1.82) is 0 Å². The fourth-order valence-electron chi connectivity index (χ4n) is 2.37. The molecule has 0 fully saturated rings. The van der Waals surface area contributed by atoms with E-state index in [2.05, 4.69) is 13.8 Å². The van der Waals surface area contributed by atoms with Gasteiger partial charge < -0.3 is 4.74 Å². The van der Waals surface area contributed by atoms with Crippen LogP contribution in [0.4, 0.5) is 0 Å². The molecule has 0 heterocycles. The van der Waals surface area contributed by atoms with Crippen LogP contribution >= 0.6 is 0 Å². The Bertz CT molecular complexity index is 202. The van der Waals surface area contributed by atoms with Crippen molar-refractivity contribution in [2.75, 3.05) is 6.61 Å². The Morgan fingerprint density at radius 1 is 0.650 bits per heavy atom. The number of carbonyl (C=O) groups excluding carboxylic acids is 1. The minimum atomic E-state index is 0.00412. The highest BCUT2D eigenvalue weighted by Crippen LogP contribution is 2.10. The summed E-state index contributed by atoms with van der Waals surface area (Å²) in [4.78, 5) is 11.5. The van der Waals surface area contributed by atoms with Gasteiger partial charge >= 0.3 is 5.97 Å². The van der Waals surface area contributed by atoms with Gasteiger partial charge in [-0.2, -0.15) is 0 Å². The molecule has 0 bridgehead atoms. The Balaban J connectivity index is 3.11. The number of carbonyl (C=O) groups is 1. The summed E-state index contributed by atoms with van der Waals surface area (Å²) < 4.78 is 5.22. The first-order valence-corrected chi connectivity index (χ1v) is 8.96. The van der Waals surface area contributed by atoms with Crippen LogP contribution in [0.5, 0.6) is 0 Å². The van der Waals surface area contributed by atoms with Gasteiger partial charge in [0.2, 0.25) is 0 Å². The highest BCUT2D eigenvalue weighted by atomic mass is 16.5. The van der Waals surface area contributed by atoms with E-state index in [0.717, 1.165) is 12.8 Å². The molecular formula is C18H36O2. The Labute approximate surface area is 126 Å². The van der Waals surface area contributed by atoms with Gasteiger partial charge in [0.15, 0.2) is 0 Å². The van der Waals surface area contributed by atoms with Crippen molar-refractivity contribution in [2.45, 2.75) is 104 Å². The van der Waals surface area contributed by atoms with Crippen molar-refractivity contribution in [3.05, 3.63) is 0 Å². The number of rotatable bonds is 15. The van der Waals surface area contributed by atoms with Gasteiger partial charge in [0.1, 0.15) is 0 Å². The lowest BCUT2D eigenvalue weighted by Gasteiger charge is -2.05. The highest BCUT2D eigenvalue weighted by molar-refractivity contribution is 5.69. The average Bonchev–Trinajstić information content (AvgIpc) is 2.45. The first-order valence-electron chi connectivity index (χ1n) is 8.96. The highest BCUT2D eigenvalue weighted by Gasteiger charge is 2.02. The van der Waals surface area contributed by atoms with Crippen molar-refractivity contribution >= 4 is 5.97 Å². The summed E-state index contributed by atoms with van der Waals surface area (Å²) in [7, 11) is 0. The van der Waals surface area contributed by atoms with Gasteiger partial charge in [-0.15, -0.1) is 0 Å². The Hall–Kier alpha value is -0.530. The predicted molar refractivity (Wildman–Crippen MR) is 86.9 cm³/mol. The van der Waals surface area contributed by atoms with Crippen LogP contribution in [-0.2, 0) is 9.53 Å². The fraction of sp³-hybridized carbons (Fsp3) is 0.944. The van der Waals surface area contributed by atoms with Crippen molar-refractivity contribution < 1.29 is 9.53 Å². The molecule has 0 aromatic carbocycles. The third kappa shape index (κ3) is 15.5. The summed E-state index contributed by atoms with van der Waals surface area (Å²) in [6.07, 6.45) is 16.9. The molecule has 0 spiro atoms. The van der Waals surface area contributed by atoms with Crippen LogP contribution in [0, 0.1) is 0 Å². The lowest BCUT2D eigenvalue weighted by atomic mass is 10.1. The summed E-state index contributed by atoms with van der Waals surface area (Å²) in [5, 5.41) is 0. The van der Waals surface area contributed by atoms with Crippen LogP contribution in [-0.4, -0.2) is 12.6 Å². The molecule has 0 unspecified atom stereocenters. The summed E-state index contributed by atoms with van der Waals surface area (Å²) in [6, 6.07) is 0. The molecule has 120 valence electrons. The first-order chi connectivity index (χ1) is 9.81. The smallest absolute Gasteiger partial charge is 0.305 e. The van der Waals surface area contributed by atoms with Crippen LogP contribution in [0.25, 0.3) is 0 Å². The van der Waals surface area contributed by atoms with E-state index in [4.69, 9.17) is 4.74 Å². The number of esters is 1. The van der Waals surface area contributed by atoms with Gasteiger partial charge in [-0.1, -0.05) is 84.5 Å². The van der Waals surface area contributed by atoms with E-state index in [1.807, 2.05) is 0 Å². The van der Waals surface area contributed by atoms with Gasteiger partial charge in [-0.3, -0.25) is 4.79 Å². The maximum absolute atomic E-state index is 11.5. The zero-order chi connectivity index (χ0) is 14.9. The minimum absolute atomic E-state index is 0.00412. The summed E-state index contributed by atoms with van der Waals surface area (Å²) in [5.74, 6) is 0.00412. The first kappa shape index (κ1) is 19.5. The molecule has 0 radical (unpaired) electrons. The third-order valence-corrected chi connectivity index (χ3v) is 3.75. The molecule has 0 atom stereocenters. The van der Waals surface area contributed by atoms with Gasteiger partial charge in [0, 0.05) is 6.42 Å². The molecule has 0 amide bonds. The van der Waals surface area contributed by atoms with E-state index in [1.54, 1.807) is 0 Å². The van der Waals surface area contributed by atoms with Crippen molar-refractivity contribution in [3.8, 4) is 0 Å². The van der Waals surface area contributed by atoms with E-state index < -0.39 is 0 Å². The van der Waals surface area contributed by atoms with Crippen LogP contribution < -0.4 is 0 Å². The molecule has 0 aromatic rings. The maximum atomic E-state index is 11.5. The number of hydrogen-bond donors (Lipinski definition) is 0.